The molecule has 4 rings (SSSR count). The molecule has 2 aliphatic rings. The van der Waals surface area contributed by atoms with Gasteiger partial charge in [0.05, 0.1) is 18.1 Å². The first kappa shape index (κ1) is 23.7. The van der Waals surface area contributed by atoms with Crippen LogP contribution in [0, 0.1) is 0 Å². The van der Waals surface area contributed by atoms with Crippen LogP contribution >= 0.6 is 0 Å². The van der Waals surface area contributed by atoms with Gasteiger partial charge in [0.1, 0.15) is 24.6 Å². The zero-order valence-electron chi connectivity index (χ0n) is 18.6. The van der Waals surface area contributed by atoms with Crippen LogP contribution in [0.2, 0.25) is 0 Å². The van der Waals surface area contributed by atoms with E-state index in [0.717, 1.165) is 9.87 Å². The molecule has 9 nitrogen and oxygen atoms in total. The van der Waals surface area contributed by atoms with Gasteiger partial charge >= 0.3 is 5.97 Å². The van der Waals surface area contributed by atoms with Gasteiger partial charge in [-0.15, -0.1) is 0 Å². The van der Waals surface area contributed by atoms with Crippen molar-refractivity contribution in [3.05, 3.63) is 60.2 Å². The number of hydrogen-bond acceptors (Lipinski definition) is 8. The van der Waals surface area contributed by atoms with Crippen LogP contribution in [0.5, 0.6) is 5.75 Å². The molecule has 0 unspecified atom stereocenters. The summed E-state index contributed by atoms with van der Waals surface area (Å²) in [6, 6.07) is 14.2. The molecule has 2 aliphatic heterocycles. The third kappa shape index (κ3) is 4.75. The van der Waals surface area contributed by atoms with Crippen molar-refractivity contribution in [3.63, 3.8) is 0 Å². The van der Waals surface area contributed by atoms with E-state index in [4.69, 9.17) is 18.9 Å². The molecular weight excluding hydrogens is 450 g/mol. The van der Waals surface area contributed by atoms with Gasteiger partial charge in [-0.05, 0) is 43.7 Å². The van der Waals surface area contributed by atoms with E-state index in [0.29, 0.717) is 12.4 Å². The fourth-order valence-corrected chi connectivity index (χ4v) is 5.73. The lowest BCUT2D eigenvalue weighted by Gasteiger charge is -2.40. The van der Waals surface area contributed by atoms with Crippen molar-refractivity contribution < 1.29 is 37.3 Å². The van der Waals surface area contributed by atoms with Crippen molar-refractivity contribution in [2.24, 2.45) is 0 Å². The number of β-amino-alcohol motifs (C(OH)–C–C–N with tert-alkyl or cyclic N) is 1. The first-order valence-electron chi connectivity index (χ1n) is 10.5. The number of rotatable bonds is 6. The summed E-state index contributed by atoms with van der Waals surface area (Å²) < 4.78 is 50.0. The first-order chi connectivity index (χ1) is 15.6. The minimum atomic E-state index is -4.18. The topological polar surface area (TPSA) is 112 Å². The zero-order valence-corrected chi connectivity index (χ0v) is 19.4. The number of aliphatic hydroxyl groups excluding tert-OH is 1. The second-order valence-corrected chi connectivity index (χ2v) is 10.3. The van der Waals surface area contributed by atoms with E-state index in [-0.39, 0.29) is 11.4 Å². The summed E-state index contributed by atoms with van der Waals surface area (Å²) in [5.41, 5.74) is 0.980. The number of ether oxygens (including phenoxy) is 4. The van der Waals surface area contributed by atoms with Crippen LogP contribution in [0.25, 0.3) is 0 Å². The van der Waals surface area contributed by atoms with Crippen molar-refractivity contribution in [1.82, 2.24) is 4.31 Å². The Morgan fingerprint density at radius 2 is 1.73 bits per heavy atom. The predicted molar refractivity (Wildman–Crippen MR) is 117 cm³/mol. The molecule has 2 heterocycles. The molecule has 0 bridgehead atoms. The minimum absolute atomic E-state index is 0.0488. The number of sulfonamides is 1. The lowest BCUT2D eigenvalue weighted by Crippen LogP contribution is -2.64. The number of nitrogens with zero attached hydrogens (tertiary/aromatic N) is 1. The smallest absolute Gasteiger partial charge is 0.327 e. The number of benzene rings is 2. The monoisotopic (exact) mass is 477 g/mol. The van der Waals surface area contributed by atoms with Gasteiger partial charge in [0, 0.05) is 6.54 Å². The molecular formula is C23H27NO8S. The summed E-state index contributed by atoms with van der Waals surface area (Å²) in [5, 5.41) is 10.6. The molecule has 4 atom stereocenters. The summed E-state index contributed by atoms with van der Waals surface area (Å²) in [4.78, 5) is 12.6. The number of methoxy groups -OCH3 is 1. The second-order valence-electron chi connectivity index (χ2n) is 8.42. The molecule has 2 fully saturated rings. The summed E-state index contributed by atoms with van der Waals surface area (Å²) >= 11 is 0. The Hall–Kier alpha value is -2.50. The number of carbonyl (C=O) groups is 1. The summed E-state index contributed by atoms with van der Waals surface area (Å²) in [6.45, 7) is 3.28. The molecule has 0 amide bonds. The molecule has 0 radical (unpaired) electrons. The number of piperidine rings is 1. The maximum atomic E-state index is 13.5. The highest BCUT2D eigenvalue weighted by Crippen LogP contribution is 2.39. The predicted octanol–water partition coefficient (Wildman–Crippen LogP) is 1.69. The molecule has 2 saturated heterocycles. The van der Waals surface area contributed by atoms with Crippen LogP contribution in [0.15, 0.2) is 59.5 Å². The number of esters is 1. The fourth-order valence-electron chi connectivity index (χ4n) is 4.13. The highest BCUT2D eigenvalue weighted by molar-refractivity contribution is 7.89. The molecule has 10 heteroatoms. The van der Waals surface area contributed by atoms with E-state index in [1.165, 1.54) is 19.2 Å². The van der Waals surface area contributed by atoms with Gasteiger partial charge in [-0.2, -0.15) is 4.31 Å². The van der Waals surface area contributed by atoms with Gasteiger partial charge in [0.25, 0.3) is 0 Å². The van der Waals surface area contributed by atoms with E-state index >= 15 is 0 Å². The average Bonchev–Trinajstić information content (AvgIpc) is 3.13. The molecule has 0 aliphatic carbocycles. The van der Waals surface area contributed by atoms with Crippen LogP contribution in [-0.4, -0.2) is 67.6 Å². The molecule has 0 aromatic heterocycles. The average molecular weight is 478 g/mol. The van der Waals surface area contributed by atoms with Gasteiger partial charge in [-0.3, -0.25) is 4.79 Å². The Bertz CT molecular complexity index is 1090. The molecule has 178 valence electrons. The molecule has 2 aromatic rings. The highest BCUT2D eigenvalue weighted by Gasteiger charge is 2.58. The lowest BCUT2D eigenvalue weighted by atomic mass is 9.96. The number of hydrogen-bond donors (Lipinski definition) is 1. The van der Waals surface area contributed by atoms with Gasteiger partial charge in [-0.25, -0.2) is 8.42 Å². The van der Waals surface area contributed by atoms with E-state index in [9.17, 15) is 18.3 Å². The Balaban J connectivity index is 1.57. The van der Waals surface area contributed by atoms with E-state index < -0.39 is 46.1 Å². The standard InChI is InChI=1S/C23H27NO8S/c1-23(2)31-20-18(25)13-24(19(21(20)32-23)22(26)29-3)33(27,28)17-11-9-16(10-12-17)30-14-15-7-5-4-6-8-15/h4-12,18-21,25H,13-14H2,1-3H3/t18-,19-,20-,21-/m1/s1. The van der Waals surface area contributed by atoms with Gasteiger partial charge in [-0.1, -0.05) is 30.3 Å². The summed E-state index contributed by atoms with van der Waals surface area (Å²) in [6.07, 6.45) is -3.05. The molecule has 0 saturated carbocycles. The molecule has 1 N–H and O–H groups in total. The van der Waals surface area contributed by atoms with Crippen molar-refractivity contribution >= 4 is 16.0 Å². The van der Waals surface area contributed by atoms with Gasteiger partial charge in [0.15, 0.2) is 11.8 Å². The van der Waals surface area contributed by atoms with Crippen molar-refractivity contribution in [3.8, 4) is 5.75 Å². The normalized spacial score (nSPS) is 27.0. The van der Waals surface area contributed by atoms with Gasteiger partial charge < -0.3 is 24.1 Å². The number of aliphatic hydroxyl groups is 1. The second kappa shape index (κ2) is 9.03. The third-order valence-electron chi connectivity index (χ3n) is 5.65. The maximum absolute atomic E-state index is 13.5. The van der Waals surface area contributed by atoms with Gasteiger partial charge in [0.2, 0.25) is 10.0 Å². The number of carbonyl (C=O) groups excluding carboxylic acids is 1. The van der Waals surface area contributed by atoms with Crippen molar-refractivity contribution in [2.75, 3.05) is 13.7 Å². The first-order valence-corrected chi connectivity index (χ1v) is 12.0. The molecule has 2 aromatic carbocycles. The van der Waals surface area contributed by atoms with Crippen LogP contribution in [0.1, 0.15) is 19.4 Å². The van der Waals surface area contributed by atoms with Crippen molar-refractivity contribution in [2.45, 2.75) is 55.5 Å². The minimum Gasteiger partial charge on any atom is -0.489 e. The summed E-state index contributed by atoms with van der Waals surface area (Å²) in [7, 11) is -3.00. The third-order valence-corrected chi connectivity index (χ3v) is 7.51. The lowest BCUT2D eigenvalue weighted by molar-refractivity contribution is -0.160. The Morgan fingerprint density at radius 1 is 1.09 bits per heavy atom. The fraction of sp³-hybridized carbons (Fsp3) is 0.435. The van der Waals surface area contributed by atoms with Crippen LogP contribution < -0.4 is 4.74 Å². The largest absolute Gasteiger partial charge is 0.489 e. The van der Waals surface area contributed by atoms with E-state index in [2.05, 4.69) is 0 Å². The highest BCUT2D eigenvalue weighted by atomic mass is 32.2. The van der Waals surface area contributed by atoms with Crippen LogP contribution in [0.3, 0.4) is 0 Å². The summed E-state index contributed by atoms with van der Waals surface area (Å²) in [5.74, 6) is -1.37. The quantitative estimate of drug-likeness (QED) is 0.626. The maximum Gasteiger partial charge on any atom is 0.327 e. The SMILES string of the molecule is COC(=O)[C@H]1[C@H]2OC(C)(C)O[C@@H]2[C@H](O)CN1S(=O)(=O)c1ccc(OCc2ccccc2)cc1. The van der Waals surface area contributed by atoms with Crippen LogP contribution in [0.4, 0.5) is 0 Å². The Morgan fingerprint density at radius 3 is 2.36 bits per heavy atom. The Labute approximate surface area is 192 Å². The van der Waals surface area contributed by atoms with Crippen molar-refractivity contribution in [1.29, 1.82) is 0 Å². The van der Waals surface area contributed by atoms with Crippen LogP contribution in [-0.2, 0) is 35.6 Å². The number of fused-ring (bicyclic) bond motifs is 1. The Kier molecular flexibility index (Phi) is 6.47. The van der Waals surface area contributed by atoms with E-state index in [1.807, 2.05) is 30.3 Å². The van der Waals surface area contributed by atoms with E-state index in [1.54, 1.807) is 26.0 Å². The molecule has 0 spiro atoms. The molecule has 33 heavy (non-hydrogen) atoms. The zero-order chi connectivity index (χ0) is 23.8.